The molecule has 1 N–H and O–H groups in total. The van der Waals surface area contributed by atoms with Gasteiger partial charge >= 0.3 is 10.2 Å². The monoisotopic (exact) mass is 716 g/mol. The first kappa shape index (κ1) is 32.8. The van der Waals surface area contributed by atoms with Gasteiger partial charge in [-0.2, -0.15) is 8.42 Å². The maximum absolute atomic E-state index is 12.6. The van der Waals surface area contributed by atoms with Crippen molar-refractivity contribution in [1.29, 1.82) is 0 Å². The maximum atomic E-state index is 12.6. The predicted molar refractivity (Wildman–Crippen MR) is 195 cm³/mol. The Labute approximate surface area is 295 Å². The van der Waals surface area contributed by atoms with Crippen LogP contribution in [-0.4, -0.2) is 36.2 Å². The van der Waals surface area contributed by atoms with Crippen molar-refractivity contribution >= 4 is 56.8 Å². The molecular formula is C37H34Cl2N4O3S2. The van der Waals surface area contributed by atoms with E-state index in [0.29, 0.717) is 33.5 Å². The summed E-state index contributed by atoms with van der Waals surface area (Å²) in [5.41, 5.74) is 5.86. The van der Waals surface area contributed by atoms with Gasteiger partial charge in [0.2, 0.25) is 0 Å². The molecule has 5 aromatic rings. The number of aromatic nitrogens is 2. The summed E-state index contributed by atoms with van der Waals surface area (Å²) in [4.78, 5) is 18.2. The first-order valence-electron chi connectivity index (χ1n) is 16.0. The lowest BCUT2D eigenvalue weighted by Crippen LogP contribution is -2.29. The SMILES string of the molecule is O=C1CN(c2cccc(-n3cc(-c4ccc(Cl)cc4Cl)nc3Cc3ccc(-c4cccc(SCC5CCCCC5)c4)cc3)c2)S(=O)(=O)N1. The molecule has 1 saturated carbocycles. The average Bonchev–Trinajstić information content (AvgIpc) is 3.63. The summed E-state index contributed by atoms with van der Waals surface area (Å²) in [5.74, 6) is 2.18. The standard InChI is InChI=1S/C37H34Cl2N4O3S2/c38-29-16-17-33(34(39)20-29)35-22-42(30-9-5-10-31(21-30)43-23-37(44)41-48(43,45)46)36(40-35)18-25-12-14-27(15-13-25)28-8-4-11-32(19-28)47-24-26-6-2-1-3-7-26/h4-5,8-17,19-22,26H,1-3,6-7,18,23-24H2,(H,41,44). The molecule has 7 rings (SSSR count). The summed E-state index contributed by atoms with van der Waals surface area (Å²) in [6.45, 7) is -0.275. The molecule has 1 aliphatic heterocycles. The summed E-state index contributed by atoms with van der Waals surface area (Å²) >= 11 is 14.7. The van der Waals surface area contributed by atoms with Crippen LogP contribution in [0.1, 0.15) is 43.5 Å². The molecule has 1 aromatic heterocycles. The van der Waals surface area contributed by atoms with Gasteiger partial charge in [-0.3, -0.25) is 4.79 Å². The molecule has 0 spiro atoms. The largest absolute Gasteiger partial charge is 0.326 e. The fourth-order valence-electron chi connectivity index (χ4n) is 6.40. The van der Waals surface area contributed by atoms with Crippen LogP contribution in [0.5, 0.6) is 0 Å². The smallest absolute Gasteiger partial charge is 0.303 e. The van der Waals surface area contributed by atoms with E-state index in [2.05, 4.69) is 48.5 Å². The Kier molecular flexibility index (Phi) is 9.56. The Morgan fingerprint density at radius 3 is 2.38 bits per heavy atom. The van der Waals surface area contributed by atoms with Gasteiger partial charge in [0.25, 0.3) is 5.91 Å². The van der Waals surface area contributed by atoms with Gasteiger partial charge in [0.1, 0.15) is 12.4 Å². The third-order valence-electron chi connectivity index (χ3n) is 8.90. The summed E-state index contributed by atoms with van der Waals surface area (Å²) in [7, 11) is -3.96. The molecule has 7 nitrogen and oxygen atoms in total. The van der Waals surface area contributed by atoms with E-state index in [9.17, 15) is 13.2 Å². The summed E-state index contributed by atoms with van der Waals surface area (Å²) in [6.07, 6.45) is 9.21. The second kappa shape index (κ2) is 14.0. The highest BCUT2D eigenvalue weighted by Crippen LogP contribution is 2.34. The van der Waals surface area contributed by atoms with Gasteiger partial charge in [0, 0.05) is 39.5 Å². The second-order valence-electron chi connectivity index (χ2n) is 12.3. The number of imidazole rings is 1. The lowest BCUT2D eigenvalue weighted by atomic mass is 9.91. The molecule has 246 valence electrons. The first-order chi connectivity index (χ1) is 23.2. The molecule has 1 amide bonds. The van der Waals surface area contributed by atoms with Crippen molar-refractivity contribution in [2.45, 2.75) is 43.4 Å². The molecule has 2 heterocycles. The summed E-state index contributed by atoms with van der Waals surface area (Å²) in [6, 6.07) is 29.6. The number of thioether (sulfide) groups is 1. The number of hydrogen-bond donors (Lipinski definition) is 1. The number of halogens is 2. The third kappa shape index (κ3) is 7.29. The van der Waals surface area contributed by atoms with Crippen LogP contribution in [0.15, 0.2) is 102 Å². The van der Waals surface area contributed by atoms with Crippen molar-refractivity contribution in [3.63, 3.8) is 0 Å². The number of carbonyl (C=O) groups is 1. The number of carbonyl (C=O) groups excluding carboxylic acids is 1. The van der Waals surface area contributed by atoms with E-state index in [1.807, 2.05) is 39.4 Å². The number of hydrogen-bond acceptors (Lipinski definition) is 5. The number of amides is 1. The van der Waals surface area contributed by atoms with E-state index >= 15 is 0 Å². The molecule has 0 atom stereocenters. The van der Waals surface area contributed by atoms with E-state index < -0.39 is 16.1 Å². The molecule has 2 aliphatic rings. The van der Waals surface area contributed by atoms with Crippen LogP contribution >= 0.6 is 35.0 Å². The van der Waals surface area contributed by atoms with Crippen LogP contribution in [0.3, 0.4) is 0 Å². The van der Waals surface area contributed by atoms with Gasteiger partial charge < -0.3 is 4.57 Å². The van der Waals surface area contributed by atoms with Gasteiger partial charge in [0.15, 0.2) is 0 Å². The highest BCUT2D eigenvalue weighted by Gasteiger charge is 2.34. The van der Waals surface area contributed by atoms with Gasteiger partial charge in [-0.15, -0.1) is 11.8 Å². The minimum absolute atomic E-state index is 0.275. The molecule has 11 heteroatoms. The van der Waals surface area contributed by atoms with Crippen LogP contribution in [0.25, 0.3) is 28.1 Å². The Balaban J connectivity index is 1.17. The number of nitrogens with zero attached hydrogens (tertiary/aromatic N) is 3. The van der Waals surface area contributed by atoms with Gasteiger partial charge in [-0.1, -0.05) is 84.9 Å². The van der Waals surface area contributed by atoms with Crippen LogP contribution in [0, 0.1) is 5.92 Å². The molecule has 48 heavy (non-hydrogen) atoms. The van der Waals surface area contributed by atoms with E-state index in [1.54, 1.807) is 30.3 Å². The predicted octanol–water partition coefficient (Wildman–Crippen LogP) is 8.96. The second-order valence-corrected chi connectivity index (χ2v) is 15.8. The molecule has 1 saturated heterocycles. The average molecular weight is 718 g/mol. The Hall–Kier alpha value is -3.76. The van der Waals surface area contributed by atoms with Crippen LogP contribution in [0.4, 0.5) is 5.69 Å². The fraction of sp³-hybridized carbons (Fsp3) is 0.243. The Morgan fingerprint density at radius 1 is 0.854 bits per heavy atom. The molecule has 0 radical (unpaired) electrons. The number of nitrogens with one attached hydrogen (secondary N) is 1. The molecular weight excluding hydrogens is 683 g/mol. The normalized spacial score (nSPS) is 16.3. The van der Waals surface area contributed by atoms with Gasteiger partial charge in [0.05, 0.1) is 16.4 Å². The zero-order valence-corrected chi connectivity index (χ0v) is 29.3. The van der Waals surface area contributed by atoms with Crippen LogP contribution < -0.4 is 9.03 Å². The molecule has 0 unspecified atom stereocenters. The Bertz CT molecular complexity index is 2080. The highest BCUT2D eigenvalue weighted by atomic mass is 35.5. The molecule has 4 aromatic carbocycles. The number of benzene rings is 4. The zero-order chi connectivity index (χ0) is 33.3. The Morgan fingerprint density at radius 2 is 1.62 bits per heavy atom. The van der Waals surface area contributed by atoms with E-state index in [4.69, 9.17) is 28.2 Å². The maximum Gasteiger partial charge on any atom is 0.326 e. The van der Waals surface area contributed by atoms with Crippen LogP contribution in [0.2, 0.25) is 10.0 Å². The minimum atomic E-state index is -3.96. The summed E-state index contributed by atoms with van der Waals surface area (Å²) < 4.78 is 30.2. The zero-order valence-electron chi connectivity index (χ0n) is 26.1. The van der Waals surface area contributed by atoms with Crippen LogP contribution in [-0.2, 0) is 21.4 Å². The van der Waals surface area contributed by atoms with Crippen molar-refractivity contribution in [3.8, 4) is 28.1 Å². The van der Waals surface area contributed by atoms with E-state index in [-0.39, 0.29) is 6.54 Å². The molecule has 1 aliphatic carbocycles. The lowest BCUT2D eigenvalue weighted by Gasteiger charge is -2.21. The van der Waals surface area contributed by atoms with Gasteiger partial charge in [-0.05, 0) is 84.0 Å². The minimum Gasteiger partial charge on any atom is -0.303 e. The molecule has 0 bridgehead atoms. The summed E-state index contributed by atoms with van der Waals surface area (Å²) in [5, 5.41) is 1.00. The van der Waals surface area contributed by atoms with E-state index in [0.717, 1.165) is 32.7 Å². The van der Waals surface area contributed by atoms with Crippen molar-refractivity contribution < 1.29 is 13.2 Å². The first-order valence-corrected chi connectivity index (χ1v) is 19.2. The lowest BCUT2D eigenvalue weighted by molar-refractivity contribution is -0.117. The topological polar surface area (TPSA) is 84.3 Å². The van der Waals surface area contributed by atoms with Crippen molar-refractivity contribution in [1.82, 2.24) is 14.3 Å². The van der Waals surface area contributed by atoms with Crippen molar-refractivity contribution in [2.24, 2.45) is 5.92 Å². The third-order valence-corrected chi connectivity index (χ3v) is 12.1. The number of rotatable bonds is 9. The molecule has 2 fully saturated rings. The van der Waals surface area contributed by atoms with Crippen molar-refractivity contribution in [3.05, 3.63) is 119 Å². The van der Waals surface area contributed by atoms with E-state index in [1.165, 1.54) is 48.3 Å². The fourth-order valence-corrected chi connectivity index (χ4v) is 9.19. The van der Waals surface area contributed by atoms with Crippen molar-refractivity contribution in [2.75, 3.05) is 16.6 Å². The quantitative estimate of drug-likeness (QED) is 0.154. The van der Waals surface area contributed by atoms with Gasteiger partial charge in [-0.25, -0.2) is 14.0 Å². The number of anilines is 1. The highest BCUT2D eigenvalue weighted by molar-refractivity contribution is 7.99.